The average molecular weight is 826 g/mol. The molecule has 0 radical (unpaired) electrons. The van der Waals surface area contributed by atoms with Gasteiger partial charge in [0.05, 0.1) is 11.7 Å². The van der Waals surface area contributed by atoms with Crippen LogP contribution in [0.2, 0.25) is 0 Å². The van der Waals surface area contributed by atoms with E-state index in [1.165, 1.54) is 92.6 Å². The lowest BCUT2D eigenvalue weighted by Gasteiger charge is -2.42. The van der Waals surface area contributed by atoms with Crippen LogP contribution in [0.5, 0.6) is 0 Å². The minimum Gasteiger partial charge on any atom is -0.463 e. The molecular weight excluding hydrogens is 783 g/mol. The van der Waals surface area contributed by atoms with Crippen molar-refractivity contribution in [2.45, 2.75) is 38.0 Å². The fraction of sp³-hybridized carbons (Fsp3) is 0.100. The first-order valence-electron chi connectivity index (χ1n) is 22.1. The van der Waals surface area contributed by atoms with Crippen LogP contribution in [0.25, 0.3) is 59.5 Å². The Morgan fingerprint density at radius 1 is 0.556 bits per heavy atom. The van der Waals surface area contributed by atoms with Gasteiger partial charge in [-0.1, -0.05) is 153 Å². The third-order valence-electron chi connectivity index (χ3n) is 14.4. The molecule has 0 bridgehead atoms. The number of rotatable bonds is 5. The maximum atomic E-state index is 6.80. The number of hydrogen-bond acceptors (Lipinski definition) is 3. The van der Waals surface area contributed by atoms with Crippen LogP contribution in [-0.4, -0.2) is 0 Å². The Kier molecular flexibility index (Phi) is 7.75. The van der Waals surface area contributed by atoms with Gasteiger partial charge in [-0.2, -0.15) is 0 Å². The minimum atomic E-state index is -0.617. The van der Waals surface area contributed by atoms with Crippen molar-refractivity contribution in [3.05, 3.63) is 238 Å². The van der Waals surface area contributed by atoms with Crippen LogP contribution >= 0.6 is 11.3 Å². The molecule has 10 aromatic rings. The van der Waals surface area contributed by atoms with Gasteiger partial charge >= 0.3 is 0 Å². The number of fused-ring (bicyclic) bond motifs is 17. The van der Waals surface area contributed by atoms with Gasteiger partial charge in [0.15, 0.2) is 0 Å². The molecule has 3 aliphatic carbocycles. The van der Waals surface area contributed by atoms with E-state index in [4.69, 9.17) is 4.42 Å². The largest absolute Gasteiger partial charge is 0.463 e. The average Bonchev–Trinajstić information content (AvgIpc) is 4.05. The summed E-state index contributed by atoms with van der Waals surface area (Å²) in [6, 6.07) is 62.0. The van der Waals surface area contributed by atoms with E-state index in [2.05, 4.69) is 207 Å². The fourth-order valence-corrected chi connectivity index (χ4v) is 12.7. The molecule has 0 fully saturated rings. The van der Waals surface area contributed by atoms with Crippen molar-refractivity contribution < 1.29 is 4.42 Å². The van der Waals surface area contributed by atoms with Crippen LogP contribution in [0.3, 0.4) is 0 Å². The zero-order valence-electron chi connectivity index (χ0n) is 35.4. The van der Waals surface area contributed by atoms with E-state index in [9.17, 15) is 0 Å². The first kappa shape index (κ1) is 36.5. The van der Waals surface area contributed by atoms with Gasteiger partial charge in [-0.25, -0.2) is 0 Å². The number of hydrogen-bond donors (Lipinski definition) is 0. The van der Waals surface area contributed by atoms with Crippen molar-refractivity contribution in [2.75, 3.05) is 4.90 Å². The molecule has 8 aromatic carbocycles. The zero-order chi connectivity index (χ0) is 42.0. The number of allylic oxidation sites excluding steroid dienone is 3. The lowest BCUT2D eigenvalue weighted by molar-refractivity contribution is 0.600. The first-order chi connectivity index (χ1) is 31.0. The highest BCUT2D eigenvalue weighted by Crippen LogP contribution is 2.62. The van der Waals surface area contributed by atoms with Gasteiger partial charge in [-0.15, -0.1) is 11.3 Å². The quantitative estimate of drug-likeness (QED) is 0.161. The lowest BCUT2D eigenvalue weighted by Crippen LogP contribution is -2.35. The molecule has 2 heterocycles. The Balaban J connectivity index is 1.11. The highest BCUT2D eigenvalue weighted by molar-refractivity contribution is 7.25. The van der Waals surface area contributed by atoms with E-state index >= 15 is 0 Å². The van der Waals surface area contributed by atoms with Crippen LogP contribution in [0.4, 0.5) is 17.1 Å². The summed E-state index contributed by atoms with van der Waals surface area (Å²) in [4.78, 5) is 2.56. The Labute approximate surface area is 371 Å². The van der Waals surface area contributed by atoms with Crippen molar-refractivity contribution >= 4 is 65.6 Å². The van der Waals surface area contributed by atoms with Crippen molar-refractivity contribution in [2.24, 2.45) is 0 Å². The maximum Gasteiger partial charge on any atom is 0.139 e. The van der Waals surface area contributed by atoms with E-state index < -0.39 is 5.41 Å². The van der Waals surface area contributed by atoms with Gasteiger partial charge in [0.25, 0.3) is 0 Å². The SMILES string of the molecule is C/C=C\C=C/c1coc2c3c(ccc12)-c1ccccc1C31c2ccccc2Cc2c(N(c3ccc4c(c3)C(C)(C)c3ccccc3-4)c3ccc4sc5ccccc5c4c3)cccc21. The van der Waals surface area contributed by atoms with Gasteiger partial charge in [0.1, 0.15) is 5.58 Å². The maximum absolute atomic E-state index is 6.80. The summed E-state index contributed by atoms with van der Waals surface area (Å²) in [7, 11) is 0. The summed E-state index contributed by atoms with van der Waals surface area (Å²) < 4.78 is 9.41. The standard InChI is InChI=1S/C60H43NOS/c1-4-5-6-17-38-36-62-58-41(38)30-31-46-43-19-9-13-23-51(43)60(57(46)58)49-21-11-7-16-37(49)33-48-52(60)24-15-25-54(48)61(39-28-32-56-47(34-39)45-20-10-14-26-55(45)63-56)40-27-29-44-42-18-8-12-22-50(42)59(2,3)53(44)35-40/h4-32,34-36H,33H2,1-3H3/b5-4-,17-6-. The summed E-state index contributed by atoms with van der Waals surface area (Å²) in [6.07, 6.45) is 11.1. The second kappa shape index (κ2) is 13.4. The number of furan rings is 1. The molecule has 63 heavy (non-hydrogen) atoms. The molecule has 0 aliphatic heterocycles. The molecule has 0 saturated carbocycles. The zero-order valence-corrected chi connectivity index (χ0v) is 36.3. The normalized spacial score (nSPS) is 16.5. The molecule has 1 spiro atoms. The van der Waals surface area contributed by atoms with Gasteiger partial charge in [-0.05, 0) is 117 Å². The fourth-order valence-electron chi connectivity index (χ4n) is 11.7. The van der Waals surface area contributed by atoms with Gasteiger partial charge < -0.3 is 9.32 Å². The molecule has 3 heteroatoms. The summed E-state index contributed by atoms with van der Waals surface area (Å²) >= 11 is 1.87. The molecule has 1 unspecified atom stereocenters. The number of thiophene rings is 1. The monoisotopic (exact) mass is 825 g/mol. The van der Waals surface area contributed by atoms with Crippen LogP contribution in [0.15, 0.2) is 193 Å². The van der Waals surface area contributed by atoms with E-state index in [-0.39, 0.29) is 5.41 Å². The van der Waals surface area contributed by atoms with E-state index in [1.807, 2.05) is 24.5 Å². The summed E-state index contributed by atoms with van der Waals surface area (Å²) in [5.41, 5.74) is 20.5. The van der Waals surface area contributed by atoms with Gasteiger partial charge in [0, 0.05) is 65.6 Å². The van der Waals surface area contributed by atoms with Crippen molar-refractivity contribution in [1.29, 1.82) is 0 Å². The molecule has 3 aliphatic rings. The predicted molar refractivity (Wildman–Crippen MR) is 265 cm³/mol. The summed E-state index contributed by atoms with van der Waals surface area (Å²) in [5, 5.41) is 3.72. The first-order valence-corrected chi connectivity index (χ1v) is 22.9. The smallest absolute Gasteiger partial charge is 0.139 e. The van der Waals surface area contributed by atoms with Gasteiger partial charge in [0.2, 0.25) is 0 Å². The molecule has 2 nitrogen and oxygen atoms in total. The molecule has 0 saturated heterocycles. The van der Waals surface area contributed by atoms with Crippen LogP contribution < -0.4 is 4.90 Å². The third-order valence-corrected chi connectivity index (χ3v) is 15.5. The number of benzene rings is 8. The molecular formula is C60H43NOS. The number of anilines is 3. The third kappa shape index (κ3) is 4.94. The molecule has 2 aromatic heterocycles. The van der Waals surface area contributed by atoms with Crippen LogP contribution in [-0.2, 0) is 17.3 Å². The Hall–Kier alpha value is -7.20. The second-order valence-electron chi connectivity index (χ2n) is 17.9. The van der Waals surface area contributed by atoms with Crippen LogP contribution in [0, 0.1) is 0 Å². The topological polar surface area (TPSA) is 16.4 Å². The van der Waals surface area contributed by atoms with Gasteiger partial charge in [-0.3, -0.25) is 0 Å². The van der Waals surface area contributed by atoms with E-state index in [0.29, 0.717) is 0 Å². The van der Waals surface area contributed by atoms with E-state index in [1.54, 1.807) is 0 Å². The van der Waals surface area contributed by atoms with Crippen molar-refractivity contribution in [1.82, 2.24) is 0 Å². The van der Waals surface area contributed by atoms with Crippen molar-refractivity contribution in [3.63, 3.8) is 0 Å². The lowest BCUT2D eigenvalue weighted by atomic mass is 9.61. The molecule has 1 atom stereocenters. The molecule has 0 N–H and O–H groups in total. The Morgan fingerprint density at radius 2 is 1.24 bits per heavy atom. The highest BCUT2D eigenvalue weighted by Gasteiger charge is 2.52. The number of nitrogens with zero attached hydrogens (tertiary/aromatic N) is 1. The molecule has 0 amide bonds. The summed E-state index contributed by atoms with van der Waals surface area (Å²) in [6.45, 7) is 6.81. The predicted octanol–water partition coefficient (Wildman–Crippen LogP) is 16.4. The highest BCUT2D eigenvalue weighted by atomic mass is 32.1. The Morgan fingerprint density at radius 3 is 2.11 bits per heavy atom. The molecule has 13 rings (SSSR count). The van der Waals surface area contributed by atoms with Crippen molar-refractivity contribution in [3.8, 4) is 22.3 Å². The Bertz CT molecular complexity index is 3610. The molecule has 300 valence electrons. The van der Waals surface area contributed by atoms with Crippen LogP contribution in [0.1, 0.15) is 70.8 Å². The summed E-state index contributed by atoms with van der Waals surface area (Å²) in [5.74, 6) is 0. The second-order valence-corrected chi connectivity index (χ2v) is 19.0. The minimum absolute atomic E-state index is 0.146. The van der Waals surface area contributed by atoms with E-state index in [0.717, 1.165) is 34.3 Å².